The van der Waals surface area contributed by atoms with Crippen molar-refractivity contribution < 1.29 is 4.79 Å². The molecule has 0 bridgehead atoms. The van der Waals surface area contributed by atoms with Crippen LogP contribution in [0.2, 0.25) is 0 Å². The highest BCUT2D eigenvalue weighted by atomic mass is 16.1. The minimum atomic E-state index is -0.0989. The molecule has 0 aromatic rings. The van der Waals surface area contributed by atoms with Crippen LogP contribution in [0.15, 0.2) is 0 Å². The quantitative estimate of drug-likeness (QED) is 0.746. The van der Waals surface area contributed by atoms with Crippen molar-refractivity contribution in [1.82, 2.24) is 10.2 Å². The summed E-state index contributed by atoms with van der Waals surface area (Å²) in [6.45, 7) is 12.5. The average Bonchev–Trinajstić information content (AvgIpc) is 2.71. The second-order valence-electron chi connectivity index (χ2n) is 6.20. The Bertz CT molecular complexity index is 266. The van der Waals surface area contributed by atoms with Gasteiger partial charge in [0.25, 0.3) is 0 Å². The highest BCUT2D eigenvalue weighted by Gasteiger charge is 2.24. The summed E-state index contributed by atoms with van der Waals surface area (Å²) in [5, 5.41) is 3.03. The summed E-state index contributed by atoms with van der Waals surface area (Å²) in [7, 11) is 0. The molecule has 3 N–H and O–H groups in total. The molecule has 3 atom stereocenters. The molecule has 0 aromatic carbocycles. The van der Waals surface area contributed by atoms with Gasteiger partial charge in [0.1, 0.15) is 0 Å². The number of likely N-dealkylation sites (tertiary alicyclic amines) is 1. The van der Waals surface area contributed by atoms with E-state index in [-0.39, 0.29) is 17.9 Å². The van der Waals surface area contributed by atoms with Crippen LogP contribution in [0.5, 0.6) is 0 Å². The van der Waals surface area contributed by atoms with Gasteiger partial charge in [-0.15, -0.1) is 0 Å². The zero-order valence-electron chi connectivity index (χ0n) is 12.3. The third-order valence-corrected chi connectivity index (χ3v) is 3.76. The molecule has 1 aliphatic rings. The molecule has 0 aromatic heterocycles. The van der Waals surface area contributed by atoms with Gasteiger partial charge in [-0.3, -0.25) is 4.79 Å². The molecule has 3 unspecified atom stereocenters. The molecule has 106 valence electrons. The fourth-order valence-electron chi connectivity index (χ4n) is 2.41. The Labute approximate surface area is 111 Å². The summed E-state index contributed by atoms with van der Waals surface area (Å²) >= 11 is 0. The van der Waals surface area contributed by atoms with Crippen LogP contribution in [0.1, 0.15) is 34.1 Å². The zero-order valence-corrected chi connectivity index (χ0v) is 12.3. The predicted octanol–water partition coefficient (Wildman–Crippen LogP) is 1.06. The van der Waals surface area contributed by atoms with Crippen molar-refractivity contribution in [2.24, 2.45) is 23.5 Å². The fraction of sp³-hybridized carbons (Fsp3) is 0.929. The van der Waals surface area contributed by atoms with Gasteiger partial charge in [0, 0.05) is 31.6 Å². The van der Waals surface area contributed by atoms with Crippen molar-refractivity contribution in [3.63, 3.8) is 0 Å². The van der Waals surface area contributed by atoms with E-state index >= 15 is 0 Å². The molecule has 1 amide bonds. The van der Waals surface area contributed by atoms with E-state index in [4.69, 9.17) is 5.73 Å². The maximum Gasteiger partial charge on any atom is 0.224 e. The first-order chi connectivity index (χ1) is 8.40. The van der Waals surface area contributed by atoms with Crippen molar-refractivity contribution in [3.05, 3.63) is 0 Å². The lowest BCUT2D eigenvalue weighted by molar-refractivity contribution is -0.125. The molecule has 0 saturated carbocycles. The summed E-state index contributed by atoms with van der Waals surface area (Å²) in [5.74, 6) is 1.31. The van der Waals surface area contributed by atoms with Crippen molar-refractivity contribution in [2.45, 2.75) is 40.2 Å². The van der Waals surface area contributed by atoms with Gasteiger partial charge in [-0.05, 0) is 31.7 Å². The highest BCUT2D eigenvalue weighted by molar-refractivity contribution is 5.78. The van der Waals surface area contributed by atoms with Crippen molar-refractivity contribution >= 4 is 5.91 Å². The van der Waals surface area contributed by atoms with Gasteiger partial charge in [-0.1, -0.05) is 20.8 Å². The molecule has 1 rings (SSSR count). The van der Waals surface area contributed by atoms with Crippen molar-refractivity contribution in [3.8, 4) is 0 Å². The molecule has 1 heterocycles. The van der Waals surface area contributed by atoms with E-state index in [1.54, 1.807) is 0 Å². The number of nitrogens with one attached hydrogen (secondary N) is 1. The van der Waals surface area contributed by atoms with E-state index in [1.807, 2.05) is 13.8 Å². The van der Waals surface area contributed by atoms with Crippen LogP contribution < -0.4 is 11.1 Å². The largest absolute Gasteiger partial charge is 0.355 e. The van der Waals surface area contributed by atoms with Crippen molar-refractivity contribution in [1.29, 1.82) is 0 Å². The molecule has 0 aliphatic carbocycles. The Morgan fingerprint density at radius 3 is 2.61 bits per heavy atom. The second kappa shape index (κ2) is 7.10. The number of amides is 1. The molecule has 18 heavy (non-hydrogen) atoms. The molecular formula is C14H29N3O. The van der Waals surface area contributed by atoms with E-state index in [1.165, 1.54) is 19.5 Å². The average molecular weight is 255 g/mol. The lowest BCUT2D eigenvalue weighted by atomic mass is 10.0. The number of nitrogens with two attached hydrogens (primary N) is 1. The van der Waals surface area contributed by atoms with Crippen LogP contribution in [0, 0.1) is 17.8 Å². The summed E-state index contributed by atoms with van der Waals surface area (Å²) < 4.78 is 0. The molecule has 0 radical (unpaired) electrons. The monoisotopic (exact) mass is 255 g/mol. The molecule has 4 heteroatoms. The molecule has 1 saturated heterocycles. The molecule has 4 nitrogen and oxygen atoms in total. The SMILES string of the molecule is CC(C)CN1CCC(CNC(=O)C(C)C(C)N)C1. The van der Waals surface area contributed by atoms with Gasteiger partial charge in [-0.2, -0.15) is 0 Å². The van der Waals surface area contributed by atoms with Crippen LogP contribution in [0.25, 0.3) is 0 Å². The predicted molar refractivity (Wildman–Crippen MR) is 75.2 cm³/mol. The minimum absolute atomic E-state index is 0.0778. The van der Waals surface area contributed by atoms with Gasteiger partial charge >= 0.3 is 0 Å². The van der Waals surface area contributed by atoms with E-state index < -0.39 is 0 Å². The van der Waals surface area contributed by atoms with Crippen LogP contribution in [-0.4, -0.2) is 43.0 Å². The van der Waals surface area contributed by atoms with Gasteiger partial charge < -0.3 is 16.0 Å². The van der Waals surface area contributed by atoms with Crippen LogP contribution in [0.4, 0.5) is 0 Å². The standard InChI is InChI=1S/C14H29N3O/c1-10(2)8-17-6-5-13(9-17)7-16-14(18)11(3)12(4)15/h10-13H,5-9,15H2,1-4H3,(H,16,18). The normalized spacial score (nSPS) is 24.2. The Morgan fingerprint density at radius 2 is 2.06 bits per heavy atom. The number of carbonyl (C=O) groups is 1. The first-order valence-corrected chi connectivity index (χ1v) is 7.15. The van der Waals surface area contributed by atoms with Crippen LogP contribution in [0.3, 0.4) is 0 Å². The zero-order chi connectivity index (χ0) is 13.7. The Kier molecular flexibility index (Phi) is 6.09. The third kappa shape index (κ3) is 4.94. The lowest BCUT2D eigenvalue weighted by Gasteiger charge is -2.19. The smallest absolute Gasteiger partial charge is 0.224 e. The van der Waals surface area contributed by atoms with Gasteiger partial charge in [0.05, 0.1) is 0 Å². The topological polar surface area (TPSA) is 58.4 Å². The van der Waals surface area contributed by atoms with E-state index in [9.17, 15) is 4.79 Å². The van der Waals surface area contributed by atoms with Crippen molar-refractivity contribution in [2.75, 3.05) is 26.2 Å². The van der Waals surface area contributed by atoms with Gasteiger partial charge in [0.2, 0.25) is 5.91 Å². The number of rotatable bonds is 6. The highest BCUT2D eigenvalue weighted by Crippen LogP contribution is 2.16. The van der Waals surface area contributed by atoms with Gasteiger partial charge in [0.15, 0.2) is 0 Å². The lowest BCUT2D eigenvalue weighted by Crippen LogP contribution is -2.40. The maximum atomic E-state index is 11.8. The number of hydrogen-bond donors (Lipinski definition) is 2. The molecular weight excluding hydrogens is 226 g/mol. The summed E-state index contributed by atoms with van der Waals surface area (Å²) in [6.07, 6.45) is 1.19. The summed E-state index contributed by atoms with van der Waals surface area (Å²) in [6, 6.07) is -0.0778. The van der Waals surface area contributed by atoms with Crippen LogP contribution in [-0.2, 0) is 4.79 Å². The first kappa shape index (κ1) is 15.4. The Hall–Kier alpha value is -0.610. The summed E-state index contributed by atoms with van der Waals surface area (Å²) in [4.78, 5) is 14.3. The van der Waals surface area contributed by atoms with E-state index in [0.29, 0.717) is 5.92 Å². The van der Waals surface area contributed by atoms with E-state index in [2.05, 4.69) is 24.1 Å². The van der Waals surface area contributed by atoms with E-state index in [0.717, 1.165) is 19.0 Å². The number of carbonyl (C=O) groups excluding carboxylic acids is 1. The third-order valence-electron chi connectivity index (χ3n) is 3.76. The molecule has 1 aliphatic heterocycles. The first-order valence-electron chi connectivity index (χ1n) is 7.15. The number of hydrogen-bond acceptors (Lipinski definition) is 3. The number of nitrogens with zero attached hydrogens (tertiary/aromatic N) is 1. The molecule has 1 fully saturated rings. The summed E-state index contributed by atoms with van der Waals surface area (Å²) in [5.41, 5.74) is 5.73. The maximum absolute atomic E-state index is 11.8. The second-order valence-corrected chi connectivity index (χ2v) is 6.20. The molecule has 0 spiro atoms. The van der Waals surface area contributed by atoms with Gasteiger partial charge in [-0.25, -0.2) is 0 Å². The minimum Gasteiger partial charge on any atom is -0.355 e. The fourth-order valence-corrected chi connectivity index (χ4v) is 2.41. The Morgan fingerprint density at radius 1 is 1.39 bits per heavy atom. The van der Waals surface area contributed by atoms with Crippen LogP contribution >= 0.6 is 0 Å². The Balaban J connectivity index is 2.23.